The van der Waals surface area contributed by atoms with Gasteiger partial charge in [-0.3, -0.25) is 0 Å². The lowest BCUT2D eigenvalue weighted by Gasteiger charge is -2.38. The summed E-state index contributed by atoms with van der Waals surface area (Å²) >= 11 is 0. The zero-order valence-electron chi connectivity index (χ0n) is 8.39. The maximum absolute atomic E-state index is 5.59. The Morgan fingerprint density at radius 1 is 1.42 bits per heavy atom. The smallest absolute Gasteiger partial charge is 0.0872 e. The normalized spacial score (nSPS) is 29.0. The molecule has 0 fully saturated rings. The molecule has 0 aliphatic heterocycles. The number of rotatable bonds is 4. The van der Waals surface area contributed by atoms with Crippen LogP contribution in [-0.2, 0) is 9.47 Å². The number of methoxy groups -OCH3 is 1. The highest BCUT2D eigenvalue weighted by molar-refractivity contribution is 5.32. The van der Waals surface area contributed by atoms with Crippen LogP contribution >= 0.6 is 0 Å². The quantitative estimate of drug-likeness (QED) is 0.601. The highest BCUT2D eigenvalue weighted by atomic mass is 16.5. The molecule has 0 N–H and O–H groups in total. The molecule has 70 valence electrons. The van der Waals surface area contributed by atoms with Crippen LogP contribution in [0.1, 0.15) is 20.8 Å². The van der Waals surface area contributed by atoms with Crippen molar-refractivity contribution in [3.63, 3.8) is 0 Å². The van der Waals surface area contributed by atoms with Gasteiger partial charge in [0.25, 0.3) is 0 Å². The summed E-state index contributed by atoms with van der Waals surface area (Å²) in [5.74, 6) is 0.579. The first kappa shape index (κ1) is 9.75. The van der Waals surface area contributed by atoms with Gasteiger partial charge in [-0.1, -0.05) is 12.5 Å². The zero-order valence-corrected chi connectivity index (χ0v) is 8.39. The van der Waals surface area contributed by atoms with Gasteiger partial charge in [0, 0.05) is 19.6 Å². The third kappa shape index (κ3) is 1.54. The van der Waals surface area contributed by atoms with Gasteiger partial charge in [0.05, 0.1) is 12.7 Å². The lowest BCUT2D eigenvalue weighted by molar-refractivity contribution is 0.0279. The Balaban J connectivity index is 2.56. The maximum atomic E-state index is 5.59. The standard InChI is InChI=1S/C10H18O2/c1-5-12-10-8(3)7(2)9(10)6-11-4/h8,10H,5-6H2,1-4H3/t8-,10+/m0/s1. The van der Waals surface area contributed by atoms with Crippen molar-refractivity contribution in [3.8, 4) is 0 Å². The molecule has 0 saturated heterocycles. The minimum atomic E-state index is 0.315. The van der Waals surface area contributed by atoms with Gasteiger partial charge >= 0.3 is 0 Å². The molecule has 0 unspecified atom stereocenters. The van der Waals surface area contributed by atoms with Crippen molar-refractivity contribution in [2.75, 3.05) is 20.3 Å². The average Bonchev–Trinajstić information content (AvgIpc) is 2.10. The van der Waals surface area contributed by atoms with E-state index in [1.54, 1.807) is 7.11 Å². The predicted octanol–water partition coefficient (Wildman–Crippen LogP) is 2.00. The Kier molecular flexibility index (Phi) is 3.29. The fourth-order valence-electron chi connectivity index (χ4n) is 1.73. The van der Waals surface area contributed by atoms with Gasteiger partial charge in [-0.05, 0) is 19.4 Å². The van der Waals surface area contributed by atoms with Crippen LogP contribution in [0, 0.1) is 5.92 Å². The molecule has 0 heterocycles. The fourth-order valence-corrected chi connectivity index (χ4v) is 1.73. The van der Waals surface area contributed by atoms with E-state index < -0.39 is 0 Å². The van der Waals surface area contributed by atoms with E-state index in [1.807, 2.05) is 6.92 Å². The van der Waals surface area contributed by atoms with Crippen LogP contribution in [0.2, 0.25) is 0 Å². The summed E-state index contributed by atoms with van der Waals surface area (Å²) in [6.07, 6.45) is 0.315. The largest absolute Gasteiger partial charge is 0.380 e. The molecule has 1 rings (SSSR count). The zero-order chi connectivity index (χ0) is 9.14. The summed E-state index contributed by atoms with van der Waals surface area (Å²) < 4.78 is 10.7. The second-order valence-electron chi connectivity index (χ2n) is 3.31. The van der Waals surface area contributed by atoms with E-state index in [9.17, 15) is 0 Å². The lowest BCUT2D eigenvalue weighted by atomic mass is 9.77. The maximum Gasteiger partial charge on any atom is 0.0872 e. The summed E-state index contributed by atoms with van der Waals surface area (Å²) in [5, 5.41) is 0. The van der Waals surface area contributed by atoms with Gasteiger partial charge in [0.15, 0.2) is 0 Å². The Morgan fingerprint density at radius 2 is 2.08 bits per heavy atom. The molecule has 0 saturated carbocycles. The van der Waals surface area contributed by atoms with Gasteiger partial charge in [0.1, 0.15) is 0 Å². The summed E-state index contributed by atoms with van der Waals surface area (Å²) in [6.45, 7) is 7.91. The van der Waals surface area contributed by atoms with Crippen molar-refractivity contribution in [1.82, 2.24) is 0 Å². The monoisotopic (exact) mass is 170 g/mol. The van der Waals surface area contributed by atoms with E-state index in [0.29, 0.717) is 12.0 Å². The fraction of sp³-hybridized carbons (Fsp3) is 0.800. The lowest BCUT2D eigenvalue weighted by Crippen LogP contribution is -2.37. The second-order valence-corrected chi connectivity index (χ2v) is 3.31. The van der Waals surface area contributed by atoms with Gasteiger partial charge in [-0.2, -0.15) is 0 Å². The molecule has 0 spiro atoms. The Bertz CT molecular complexity index is 184. The molecule has 0 amide bonds. The number of hydrogen-bond donors (Lipinski definition) is 0. The molecular weight excluding hydrogens is 152 g/mol. The van der Waals surface area contributed by atoms with Crippen molar-refractivity contribution in [2.24, 2.45) is 5.92 Å². The third-order valence-corrected chi connectivity index (χ3v) is 2.63. The molecule has 0 aromatic rings. The SMILES string of the molecule is CCO[C@H]1C(COC)=C(C)[C@@H]1C. The summed E-state index contributed by atoms with van der Waals surface area (Å²) in [6, 6.07) is 0. The molecule has 2 atom stereocenters. The van der Waals surface area contributed by atoms with E-state index in [2.05, 4.69) is 13.8 Å². The Morgan fingerprint density at radius 3 is 2.58 bits per heavy atom. The minimum absolute atomic E-state index is 0.315. The van der Waals surface area contributed by atoms with Gasteiger partial charge in [0.2, 0.25) is 0 Å². The van der Waals surface area contributed by atoms with Crippen LogP contribution in [0.25, 0.3) is 0 Å². The first-order chi connectivity index (χ1) is 5.72. The van der Waals surface area contributed by atoms with Crippen molar-refractivity contribution in [1.29, 1.82) is 0 Å². The Labute approximate surface area is 74.6 Å². The second kappa shape index (κ2) is 4.06. The van der Waals surface area contributed by atoms with E-state index >= 15 is 0 Å². The first-order valence-electron chi connectivity index (χ1n) is 4.52. The van der Waals surface area contributed by atoms with Crippen molar-refractivity contribution >= 4 is 0 Å². The molecular formula is C10H18O2. The Hall–Kier alpha value is -0.340. The highest BCUT2D eigenvalue weighted by Crippen LogP contribution is 2.36. The van der Waals surface area contributed by atoms with E-state index in [-0.39, 0.29) is 0 Å². The molecule has 2 heteroatoms. The number of ether oxygens (including phenoxy) is 2. The molecule has 0 bridgehead atoms. The first-order valence-corrected chi connectivity index (χ1v) is 4.52. The third-order valence-electron chi connectivity index (χ3n) is 2.63. The minimum Gasteiger partial charge on any atom is -0.380 e. The summed E-state index contributed by atoms with van der Waals surface area (Å²) in [7, 11) is 1.73. The van der Waals surface area contributed by atoms with Gasteiger partial charge < -0.3 is 9.47 Å². The predicted molar refractivity (Wildman–Crippen MR) is 49.2 cm³/mol. The van der Waals surface area contributed by atoms with Crippen molar-refractivity contribution in [3.05, 3.63) is 11.1 Å². The molecule has 0 radical (unpaired) electrons. The van der Waals surface area contributed by atoms with Crippen LogP contribution < -0.4 is 0 Å². The van der Waals surface area contributed by atoms with Gasteiger partial charge in [-0.15, -0.1) is 0 Å². The van der Waals surface area contributed by atoms with Crippen molar-refractivity contribution < 1.29 is 9.47 Å². The topological polar surface area (TPSA) is 18.5 Å². The van der Waals surface area contributed by atoms with Crippen LogP contribution in [0.4, 0.5) is 0 Å². The van der Waals surface area contributed by atoms with Crippen LogP contribution in [-0.4, -0.2) is 26.4 Å². The molecule has 1 aliphatic rings. The highest BCUT2D eigenvalue weighted by Gasteiger charge is 2.34. The molecule has 12 heavy (non-hydrogen) atoms. The van der Waals surface area contributed by atoms with E-state index in [1.165, 1.54) is 11.1 Å². The molecule has 1 aliphatic carbocycles. The van der Waals surface area contributed by atoms with Gasteiger partial charge in [-0.25, -0.2) is 0 Å². The molecule has 2 nitrogen and oxygen atoms in total. The number of hydrogen-bond acceptors (Lipinski definition) is 2. The van der Waals surface area contributed by atoms with Crippen LogP contribution in [0.15, 0.2) is 11.1 Å². The van der Waals surface area contributed by atoms with Crippen molar-refractivity contribution in [2.45, 2.75) is 26.9 Å². The molecule has 0 aromatic carbocycles. The molecule has 0 aromatic heterocycles. The van der Waals surface area contributed by atoms with E-state index in [4.69, 9.17) is 9.47 Å². The van der Waals surface area contributed by atoms with Crippen LogP contribution in [0.5, 0.6) is 0 Å². The van der Waals surface area contributed by atoms with E-state index in [0.717, 1.165) is 13.2 Å². The summed E-state index contributed by atoms with van der Waals surface area (Å²) in [5.41, 5.74) is 2.78. The van der Waals surface area contributed by atoms with Crippen LogP contribution in [0.3, 0.4) is 0 Å². The summed E-state index contributed by atoms with van der Waals surface area (Å²) in [4.78, 5) is 0. The average molecular weight is 170 g/mol.